The maximum Gasteiger partial charge on any atom is 0.317 e. The molecule has 1 N–H and O–H groups in total. The van der Waals surface area contributed by atoms with Crippen molar-refractivity contribution in [2.75, 3.05) is 53.0 Å². The van der Waals surface area contributed by atoms with Gasteiger partial charge in [0.05, 0.1) is 6.54 Å². The fourth-order valence-electron chi connectivity index (χ4n) is 5.23. The third kappa shape index (κ3) is 5.83. The van der Waals surface area contributed by atoms with Crippen LogP contribution in [0.4, 0.5) is 4.79 Å². The fourth-order valence-corrected chi connectivity index (χ4v) is 5.23. The molecular formula is C24H37N3O4. The molecule has 3 atom stereocenters. The molecule has 4 rings (SSSR count). The number of carbonyl (C=O) groups is 1. The Kier molecular flexibility index (Phi) is 7.92. The van der Waals surface area contributed by atoms with Crippen LogP contribution in [0.1, 0.15) is 38.5 Å². The van der Waals surface area contributed by atoms with Gasteiger partial charge in [0.15, 0.2) is 17.6 Å². The Morgan fingerprint density at radius 2 is 2.03 bits per heavy atom. The summed E-state index contributed by atoms with van der Waals surface area (Å²) in [6.07, 6.45) is 7.02. The Morgan fingerprint density at radius 1 is 1.19 bits per heavy atom. The minimum atomic E-state index is -0.178. The van der Waals surface area contributed by atoms with Gasteiger partial charge in [0.2, 0.25) is 0 Å². The van der Waals surface area contributed by atoms with Crippen molar-refractivity contribution in [3.8, 4) is 11.5 Å². The SMILES string of the molecule is COCCCN(C[C@@H]1CCCN2CCCC[C@H]12)C(=O)NC[C@@H]1COc2ccccc2O1. The average molecular weight is 432 g/mol. The van der Waals surface area contributed by atoms with Crippen molar-refractivity contribution in [1.82, 2.24) is 15.1 Å². The number of urea groups is 1. The quantitative estimate of drug-likeness (QED) is 0.641. The number of nitrogens with one attached hydrogen (secondary N) is 1. The molecule has 0 spiro atoms. The molecule has 7 heteroatoms. The second kappa shape index (κ2) is 11.0. The van der Waals surface area contributed by atoms with Gasteiger partial charge in [-0.25, -0.2) is 4.79 Å². The number of carbonyl (C=O) groups excluding carboxylic acids is 1. The zero-order valence-corrected chi connectivity index (χ0v) is 18.8. The predicted molar refractivity (Wildman–Crippen MR) is 120 cm³/mol. The smallest absolute Gasteiger partial charge is 0.317 e. The van der Waals surface area contributed by atoms with Gasteiger partial charge < -0.3 is 29.3 Å². The van der Waals surface area contributed by atoms with Gasteiger partial charge in [0.1, 0.15) is 6.61 Å². The number of nitrogens with zero attached hydrogens (tertiary/aromatic N) is 2. The van der Waals surface area contributed by atoms with Crippen molar-refractivity contribution >= 4 is 6.03 Å². The molecule has 7 nitrogen and oxygen atoms in total. The molecule has 1 aromatic carbocycles. The molecular weight excluding hydrogens is 394 g/mol. The minimum Gasteiger partial charge on any atom is -0.486 e. The maximum atomic E-state index is 13.1. The number of para-hydroxylation sites is 2. The van der Waals surface area contributed by atoms with E-state index < -0.39 is 0 Å². The van der Waals surface area contributed by atoms with E-state index in [0.717, 1.165) is 24.5 Å². The predicted octanol–water partition coefficient (Wildman–Crippen LogP) is 3.14. The number of fused-ring (bicyclic) bond motifs is 2. The van der Waals surface area contributed by atoms with Crippen LogP contribution < -0.4 is 14.8 Å². The van der Waals surface area contributed by atoms with Gasteiger partial charge in [-0.05, 0) is 63.2 Å². The number of hydrogen-bond donors (Lipinski definition) is 1. The van der Waals surface area contributed by atoms with Crippen LogP contribution in [-0.4, -0.2) is 81.0 Å². The van der Waals surface area contributed by atoms with Crippen molar-refractivity contribution in [2.45, 2.75) is 50.7 Å². The van der Waals surface area contributed by atoms with E-state index in [1.54, 1.807) is 7.11 Å². The van der Waals surface area contributed by atoms with Crippen LogP contribution in [-0.2, 0) is 4.74 Å². The third-order valence-electron chi connectivity index (χ3n) is 6.80. The average Bonchev–Trinajstić information content (AvgIpc) is 2.82. The molecule has 2 fully saturated rings. The van der Waals surface area contributed by atoms with Gasteiger partial charge in [0.25, 0.3) is 0 Å². The number of amides is 2. The first kappa shape index (κ1) is 22.2. The summed E-state index contributed by atoms with van der Waals surface area (Å²) >= 11 is 0. The molecule has 1 aromatic rings. The molecule has 31 heavy (non-hydrogen) atoms. The van der Waals surface area contributed by atoms with Gasteiger partial charge in [-0.3, -0.25) is 0 Å². The highest BCUT2D eigenvalue weighted by atomic mass is 16.6. The maximum absolute atomic E-state index is 13.1. The molecule has 0 saturated carbocycles. The number of ether oxygens (including phenoxy) is 3. The van der Waals surface area contributed by atoms with E-state index in [1.165, 1.54) is 45.2 Å². The molecule has 0 unspecified atom stereocenters. The summed E-state index contributed by atoms with van der Waals surface area (Å²) in [5.41, 5.74) is 0. The lowest BCUT2D eigenvalue weighted by Gasteiger charge is -2.45. The van der Waals surface area contributed by atoms with E-state index in [4.69, 9.17) is 14.2 Å². The summed E-state index contributed by atoms with van der Waals surface area (Å²) < 4.78 is 17.0. The Bertz CT molecular complexity index is 714. The van der Waals surface area contributed by atoms with Gasteiger partial charge in [-0.1, -0.05) is 18.6 Å². The Hall–Kier alpha value is -1.99. The van der Waals surface area contributed by atoms with Crippen molar-refractivity contribution in [1.29, 1.82) is 0 Å². The van der Waals surface area contributed by atoms with Crippen molar-refractivity contribution in [3.05, 3.63) is 24.3 Å². The van der Waals surface area contributed by atoms with E-state index in [-0.39, 0.29) is 12.1 Å². The Morgan fingerprint density at radius 3 is 2.90 bits per heavy atom. The third-order valence-corrected chi connectivity index (χ3v) is 6.80. The molecule has 0 aromatic heterocycles. The van der Waals surface area contributed by atoms with Crippen molar-refractivity contribution in [3.63, 3.8) is 0 Å². The topological polar surface area (TPSA) is 63.3 Å². The minimum absolute atomic E-state index is 0.00788. The summed E-state index contributed by atoms with van der Waals surface area (Å²) in [5, 5.41) is 3.10. The Labute approximate surface area is 186 Å². The first-order chi connectivity index (χ1) is 15.2. The second-order valence-electron chi connectivity index (χ2n) is 8.98. The van der Waals surface area contributed by atoms with Gasteiger partial charge in [-0.2, -0.15) is 0 Å². The lowest BCUT2D eigenvalue weighted by atomic mass is 9.83. The van der Waals surface area contributed by atoms with E-state index in [9.17, 15) is 4.79 Å². The monoisotopic (exact) mass is 431 g/mol. The largest absolute Gasteiger partial charge is 0.486 e. The highest BCUT2D eigenvalue weighted by Crippen LogP contribution is 2.32. The molecule has 0 bridgehead atoms. The summed E-state index contributed by atoms with van der Waals surface area (Å²) in [7, 11) is 1.71. The van der Waals surface area contributed by atoms with E-state index in [1.807, 2.05) is 29.2 Å². The second-order valence-corrected chi connectivity index (χ2v) is 8.98. The standard InChI is InChI=1S/C24H37N3O4/c1-29-15-7-14-27(17-19-8-6-13-26-12-5-4-9-21(19)26)24(28)25-16-20-18-30-22-10-2-3-11-23(22)31-20/h2-3,10-11,19-21H,4-9,12-18H2,1H3,(H,25,28)/t19-,20+,21+/m0/s1. The van der Waals surface area contributed by atoms with Crippen LogP contribution >= 0.6 is 0 Å². The normalized spacial score (nSPS) is 25.5. The summed E-state index contributed by atoms with van der Waals surface area (Å²) in [6, 6.07) is 8.29. The number of rotatable bonds is 8. The van der Waals surface area contributed by atoms with E-state index in [2.05, 4.69) is 10.2 Å². The highest BCUT2D eigenvalue weighted by Gasteiger charge is 2.34. The fraction of sp³-hybridized carbons (Fsp3) is 0.708. The van der Waals surface area contributed by atoms with Crippen LogP contribution in [0.3, 0.4) is 0 Å². The molecule has 2 amide bonds. The van der Waals surface area contributed by atoms with Gasteiger partial charge >= 0.3 is 6.03 Å². The summed E-state index contributed by atoms with van der Waals surface area (Å²) in [5.74, 6) is 2.06. The molecule has 0 radical (unpaired) electrons. The van der Waals surface area contributed by atoms with Crippen LogP contribution in [0.2, 0.25) is 0 Å². The van der Waals surface area contributed by atoms with Gasteiger partial charge in [-0.15, -0.1) is 0 Å². The first-order valence-corrected chi connectivity index (χ1v) is 11.9. The lowest BCUT2D eigenvalue weighted by molar-refractivity contribution is 0.0438. The van der Waals surface area contributed by atoms with E-state index in [0.29, 0.717) is 38.3 Å². The van der Waals surface area contributed by atoms with Crippen molar-refractivity contribution < 1.29 is 19.0 Å². The summed E-state index contributed by atoms with van der Waals surface area (Å²) in [4.78, 5) is 17.8. The number of methoxy groups -OCH3 is 1. The zero-order valence-electron chi connectivity index (χ0n) is 18.8. The van der Waals surface area contributed by atoms with E-state index >= 15 is 0 Å². The van der Waals surface area contributed by atoms with Crippen LogP contribution in [0, 0.1) is 5.92 Å². The number of piperidine rings is 2. The van der Waals surface area contributed by atoms with Crippen molar-refractivity contribution in [2.24, 2.45) is 5.92 Å². The molecule has 172 valence electrons. The number of hydrogen-bond acceptors (Lipinski definition) is 5. The zero-order chi connectivity index (χ0) is 21.5. The van der Waals surface area contributed by atoms with Crippen LogP contribution in [0.15, 0.2) is 24.3 Å². The Balaban J connectivity index is 1.32. The molecule has 3 aliphatic rings. The lowest BCUT2D eigenvalue weighted by Crippen LogP contribution is -2.53. The van der Waals surface area contributed by atoms with Gasteiger partial charge in [0, 0.05) is 32.8 Å². The van der Waals surface area contributed by atoms with Crippen LogP contribution in [0.25, 0.3) is 0 Å². The molecule has 3 aliphatic heterocycles. The number of benzene rings is 1. The molecule has 0 aliphatic carbocycles. The highest BCUT2D eigenvalue weighted by molar-refractivity contribution is 5.74. The summed E-state index contributed by atoms with van der Waals surface area (Å²) in [6.45, 7) is 5.53. The molecule has 3 heterocycles. The first-order valence-electron chi connectivity index (χ1n) is 11.9. The van der Waals surface area contributed by atoms with Crippen LogP contribution in [0.5, 0.6) is 11.5 Å². The molecule has 2 saturated heterocycles.